The van der Waals surface area contributed by atoms with Crippen LogP contribution in [-0.2, 0) is 0 Å². The molecule has 1 unspecified atom stereocenters. The van der Waals surface area contributed by atoms with Crippen LogP contribution in [0.5, 0.6) is 0 Å². The topological polar surface area (TPSA) is 49.3 Å². The van der Waals surface area contributed by atoms with Crippen molar-refractivity contribution in [2.75, 3.05) is 0 Å². The maximum absolute atomic E-state index is 10.7. The van der Waals surface area contributed by atoms with Crippen LogP contribution in [0.1, 0.15) is 32.6 Å². The van der Waals surface area contributed by atoms with Gasteiger partial charge < -0.3 is 10.4 Å². The molecule has 0 aromatic carbocycles. The summed E-state index contributed by atoms with van der Waals surface area (Å²) in [5, 5.41) is 11.4. The zero-order valence-electron chi connectivity index (χ0n) is 8.99. The fraction of sp³-hybridized carbons (Fsp3) is 0.750. The van der Waals surface area contributed by atoms with Crippen LogP contribution >= 0.6 is 0 Å². The first-order valence-electron chi connectivity index (χ1n) is 5.50. The summed E-state index contributed by atoms with van der Waals surface area (Å²) in [4.78, 5) is 10.7. The molecule has 0 aromatic rings. The van der Waals surface area contributed by atoms with Crippen molar-refractivity contribution in [3.8, 4) is 12.3 Å². The summed E-state index contributed by atoms with van der Waals surface area (Å²) in [6, 6.07) is 0. The fourth-order valence-corrected chi connectivity index (χ4v) is 3.45. The summed E-state index contributed by atoms with van der Waals surface area (Å²) in [5.74, 6) is 4.50. The van der Waals surface area contributed by atoms with Crippen LogP contribution in [0.3, 0.4) is 0 Å². The quantitative estimate of drug-likeness (QED) is 0.647. The molecular formula is C12H17NO2. The van der Waals surface area contributed by atoms with Gasteiger partial charge in [-0.1, -0.05) is 0 Å². The van der Waals surface area contributed by atoms with E-state index < -0.39 is 6.09 Å². The first-order valence-corrected chi connectivity index (χ1v) is 5.50. The molecule has 0 heterocycles. The van der Waals surface area contributed by atoms with E-state index >= 15 is 0 Å². The van der Waals surface area contributed by atoms with Gasteiger partial charge in [-0.25, -0.2) is 4.79 Å². The third-order valence-corrected chi connectivity index (χ3v) is 3.91. The number of nitrogens with one attached hydrogen (secondary N) is 1. The van der Waals surface area contributed by atoms with Gasteiger partial charge in [-0.2, -0.15) is 0 Å². The highest BCUT2D eigenvalue weighted by atomic mass is 16.4. The third-order valence-electron chi connectivity index (χ3n) is 3.91. The highest BCUT2D eigenvalue weighted by molar-refractivity contribution is 5.65. The fourth-order valence-electron chi connectivity index (χ4n) is 3.45. The normalized spacial score (nSPS) is 43.3. The number of carbonyl (C=O) groups is 1. The lowest BCUT2D eigenvalue weighted by Gasteiger charge is -2.25. The second-order valence-electron chi connectivity index (χ2n) is 5.25. The van der Waals surface area contributed by atoms with Crippen LogP contribution < -0.4 is 5.32 Å². The minimum absolute atomic E-state index is 0.221. The molecule has 2 saturated carbocycles. The summed E-state index contributed by atoms with van der Waals surface area (Å²) in [6.07, 6.45) is 8.57. The van der Waals surface area contributed by atoms with Gasteiger partial charge in [0, 0.05) is 11.5 Å². The monoisotopic (exact) mass is 207 g/mol. The Morgan fingerprint density at radius 2 is 2.00 bits per heavy atom. The van der Waals surface area contributed by atoms with Crippen molar-refractivity contribution < 1.29 is 9.90 Å². The van der Waals surface area contributed by atoms with Crippen molar-refractivity contribution >= 4 is 6.09 Å². The predicted octanol–water partition coefficient (Wildman–Crippen LogP) is 2.08. The van der Waals surface area contributed by atoms with Gasteiger partial charge >= 0.3 is 6.09 Å². The summed E-state index contributed by atoms with van der Waals surface area (Å²) in [7, 11) is 0. The second kappa shape index (κ2) is 3.44. The molecule has 2 N–H and O–H groups in total. The maximum atomic E-state index is 10.7. The SMILES string of the molecule is C#CC1C[C@@H]2C[C@@](C)(NC(=O)O)C[C@@H]2C1. The van der Waals surface area contributed by atoms with Crippen molar-refractivity contribution in [2.24, 2.45) is 17.8 Å². The molecule has 3 nitrogen and oxygen atoms in total. The van der Waals surface area contributed by atoms with Crippen molar-refractivity contribution in [1.82, 2.24) is 5.32 Å². The number of rotatable bonds is 1. The molecule has 2 rings (SSSR count). The van der Waals surface area contributed by atoms with Gasteiger partial charge in [0.1, 0.15) is 0 Å². The molecule has 0 aliphatic heterocycles. The van der Waals surface area contributed by atoms with Crippen molar-refractivity contribution in [1.29, 1.82) is 0 Å². The number of amides is 1. The summed E-state index contributed by atoms with van der Waals surface area (Å²) >= 11 is 0. The zero-order valence-corrected chi connectivity index (χ0v) is 8.99. The molecule has 82 valence electrons. The predicted molar refractivity (Wildman–Crippen MR) is 57.3 cm³/mol. The van der Waals surface area contributed by atoms with Gasteiger partial charge in [-0.05, 0) is 44.4 Å². The molecule has 2 fully saturated rings. The Morgan fingerprint density at radius 3 is 2.40 bits per heavy atom. The average Bonchev–Trinajstić information content (AvgIpc) is 2.56. The number of hydrogen-bond acceptors (Lipinski definition) is 1. The number of hydrogen-bond donors (Lipinski definition) is 2. The van der Waals surface area contributed by atoms with Gasteiger partial charge in [0.2, 0.25) is 0 Å². The zero-order chi connectivity index (χ0) is 11.1. The Balaban J connectivity index is 1.99. The lowest BCUT2D eigenvalue weighted by molar-refractivity contribution is 0.178. The molecule has 1 amide bonds. The summed E-state index contributed by atoms with van der Waals surface area (Å²) in [6.45, 7) is 2.00. The lowest BCUT2D eigenvalue weighted by atomic mass is 9.94. The largest absolute Gasteiger partial charge is 0.465 e. The van der Waals surface area contributed by atoms with Crippen molar-refractivity contribution in [3.05, 3.63) is 0 Å². The van der Waals surface area contributed by atoms with E-state index in [9.17, 15) is 4.79 Å². The van der Waals surface area contributed by atoms with Crippen molar-refractivity contribution in [2.45, 2.75) is 38.1 Å². The Hall–Kier alpha value is -1.17. The molecule has 0 radical (unpaired) electrons. The molecule has 0 saturated heterocycles. The van der Waals surface area contributed by atoms with E-state index in [2.05, 4.69) is 11.2 Å². The van der Waals surface area contributed by atoms with E-state index in [0.29, 0.717) is 17.8 Å². The van der Waals surface area contributed by atoms with Crippen molar-refractivity contribution in [3.63, 3.8) is 0 Å². The van der Waals surface area contributed by atoms with Gasteiger partial charge in [0.25, 0.3) is 0 Å². The molecule has 0 aromatic heterocycles. The number of carboxylic acid groups (broad SMARTS) is 1. The van der Waals surface area contributed by atoms with Gasteiger partial charge in [0.05, 0.1) is 0 Å². The van der Waals surface area contributed by atoms with Gasteiger partial charge in [-0.3, -0.25) is 0 Å². The minimum Gasteiger partial charge on any atom is -0.465 e. The minimum atomic E-state index is -0.911. The van der Waals surface area contributed by atoms with Crippen LogP contribution in [0.15, 0.2) is 0 Å². The van der Waals surface area contributed by atoms with E-state index in [1.165, 1.54) is 0 Å². The lowest BCUT2D eigenvalue weighted by Crippen LogP contribution is -2.43. The molecule has 0 bridgehead atoms. The molecule has 0 spiro atoms. The molecule has 4 atom stereocenters. The highest BCUT2D eigenvalue weighted by Gasteiger charge is 2.47. The Labute approximate surface area is 90.2 Å². The smallest absolute Gasteiger partial charge is 0.405 e. The first kappa shape index (κ1) is 10.4. The molecule has 2 aliphatic carbocycles. The van der Waals surface area contributed by atoms with Gasteiger partial charge in [-0.15, -0.1) is 12.3 Å². The van der Waals surface area contributed by atoms with Crippen LogP contribution in [0.2, 0.25) is 0 Å². The summed E-state index contributed by atoms with van der Waals surface area (Å²) < 4.78 is 0. The van der Waals surface area contributed by atoms with E-state index in [1.807, 2.05) is 6.92 Å². The van der Waals surface area contributed by atoms with Crippen LogP contribution in [0, 0.1) is 30.1 Å². The van der Waals surface area contributed by atoms with E-state index in [0.717, 1.165) is 25.7 Å². The maximum Gasteiger partial charge on any atom is 0.405 e. The van der Waals surface area contributed by atoms with E-state index in [4.69, 9.17) is 11.5 Å². The van der Waals surface area contributed by atoms with Gasteiger partial charge in [0.15, 0.2) is 0 Å². The molecule has 2 aliphatic rings. The standard InChI is InChI=1S/C12H17NO2/c1-3-8-4-9-6-12(2,13-11(14)15)7-10(9)5-8/h1,8-10,13H,4-7H2,2H3,(H,14,15)/t8?,9-,10+,12-. The van der Waals surface area contributed by atoms with Crippen LogP contribution in [-0.4, -0.2) is 16.7 Å². The molecule has 3 heteroatoms. The van der Waals surface area contributed by atoms with Crippen LogP contribution in [0.4, 0.5) is 4.79 Å². The Bertz CT molecular complexity index is 304. The van der Waals surface area contributed by atoms with E-state index in [1.54, 1.807) is 0 Å². The number of terminal acetylenes is 1. The second-order valence-corrected chi connectivity index (χ2v) is 5.25. The number of fused-ring (bicyclic) bond motifs is 1. The summed E-state index contributed by atoms with van der Waals surface area (Å²) in [5.41, 5.74) is -0.221. The average molecular weight is 207 g/mol. The Morgan fingerprint density at radius 1 is 1.47 bits per heavy atom. The Kier molecular flexibility index (Phi) is 2.38. The van der Waals surface area contributed by atoms with Crippen LogP contribution in [0.25, 0.3) is 0 Å². The molecular weight excluding hydrogens is 190 g/mol. The third kappa shape index (κ3) is 1.94. The first-order chi connectivity index (χ1) is 7.02. The van der Waals surface area contributed by atoms with E-state index in [-0.39, 0.29) is 5.54 Å². The highest BCUT2D eigenvalue weighted by Crippen LogP contribution is 2.50. The molecule has 15 heavy (non-hydrogen) atoms.